The average Bonchev–Trinajstić information content (AvgIpc) is 3.48. The van der Waals surface area contributed by atoms with Crippen LogP contribution in [0.3, 0.4) is 0 Å². The SMILES string of the molecule is O=C(CN1C(=O)C2(COCOC2)NCC1c1cc(F)cc(F)c1)Nc1cc2c(cn1)CC1(C2)C(=O)Nc2ncccc21. The van der Waals surface area contributed by atoms with Crippen molar-refractivity contribution in [1.29, 1.82) is 0 Å². The highest BCUT2D eigenvalue weighted by Gasteiger charge is 2.52. The van der Waals surface area contributed by atoms with Crippen molar-refractivity contribution in [1.82, 2.24) is 20.2 Å². The summed E-state index contributed by atoms with van der Waals surface area (Å²) >= 11 is 0. The van der Waals surface area contributed by atoms with Gasteiger partial charge in [-0.25, -0.2) is 18.7 Å². The Morgan fingerprint density at radius 1 is 1.07 bits per heavy atom. The molecule has 42 heavy (non-hydrogen) atoms. The van der Waals surface area contributed by atoms with Crippen molar-refractivity contribution in [2.45, 2.75) is 29.8 Å². The Balaban J connectivity index is 1.12. The van der Waals surface area contributed by atoms with Crippen LogP contribution in [0, 0.1) is 11.6 Å². The highest BCUT2D eigenvalue weighted by atomic mass is 19.1. The normalized spacial score (nSPS) is 24.0. The van der Waals surface area contributed by atoms with Gasteiger partial charge in [-0.15, -0.1) is 0 Å². The number of hydrogen-bond donors (Lipinski definition) is 3. The molecule has 2 unspecified atom stereocenters. The van der Waals surface area contributed by atoms with Gasteiger partial charge in [0.05, 0.1) is 24.7 Å². The van der Waals surface area contributed by atoms with Gasteiger partial charge in [0, 0.05) is 30.6 Å². The summed E-state index contributed by atoms with van der Waals surface area (Å²) in [5, 5.41) is 8.73. The number of nitrogens with zero attached hydrogens (tertiary/aromatic N) is 3. The molecule has 3 aliphatic heterocycles. The first kappa shape index (κ1) is 26.6. The fourth-order valence-electron chi connectivity index (χ4n) is 6.46. The number of carbonyl (C=O) groups is 3. The molecule has 1 aliphatic carbocycles. The molecule has 0 saturated carbocycles. The maximum absolute atomic E-state index is 14.1. The van der Waals surface area contributed by atoms with Gasteiger partial charge in [-0.2, -0.15) is 0 Å². The van der Waals surface area contributed by atoms with Crippen LogP contribution in [0.15, 0.2) is 48.8 Å². The first-order valence-corrected chi connectivity index (χ1v) is 13.5. The number of benzene rings is 1. The number of ether oxygens (including phenoxy) is 2. The van der Waals surface area contributed by atoms with Gasteiger partial charge in [0.1, 0.15) is 42.1 Å². The van der Waals surface area contributed by atoms with Crippen molar-refractivity contribution in [2.24, 2.45) is 0 Å². The largest absolute Gasteiger partial charge is 0.353 e. The van der Waals surface area contributed by atoms with Gasteiger partial charge in [0.2, 0.25) is 17.7 Å². The quantitative estimate of drug-likeness (QED) is 0.427. The van der Waals surface area contributed by atoms with Gasteiger partial charge < -0.3 is 25.0 Å². The summed E-state index contributed by atoms with van der Waals surface area (Å²) in [4.78, 5) is 50.0. The third-order valence-corrected chi connectivity index (χ3v) is 8.45. The van der Waals surface area contributed by atoms with E-state index in [0.29, 0.717) is 18.7 Å². The second-order valence-corrected chi connectivity index (χ2v) is 11.1. The Morgan fingerprint density at radius 3 is 2.62 bits per heavy atom. The van der Waals surface area contributed by atoms with Crippen LogP contribution in [0.25, 0.3) is 0 Å². The number of pyridine rings is 2. The maximum atomic E-state index is 14.1. The van der Waals surface area contributed by atoms with Gasteiger partial charge in [-0.3, -0.25) is 19.7 Å². The predicted octanol–water partition coefficient (Wildman–Crippen LogP) is 1.60. The van der Waals surface area contributed by atoms with Crippen LogP contribution in [0.4, 0.5) is 20.4 Å². The molecule has 2 saturated heterocycles. The monoisotopic (exact) mass is 576 g/mol. The Kier molecular flexibility index (Phi) is 6.26. The molecule has 4 aliphatic rings. The fraction of sp³-hybridized carbons (Fsp3) is 0.345. The Hall–Kier alpha value is -4.33. The number of fused-ring (bicyclic) bond motifs is 3. The third kappa shape index (κ3) is 4.32. The van der Waals surface area contributed by atoms with E-state index in [2.05, 4.69) is 25.9 Å². The summed E-state index contributed by atoms with van der Waals surface area (Å²) in [7, 11) is 0. The van der Waals surface area contributed by atoms with Crippen LogP contribution < -0.4 is 16.0 Å². The molecule has 2 fully saturated rings. The average molecular weight is 577 g/mol. The molecule has 3 amide bonds. The minimum Gasteiger partial charge on any atom is -0.353 e. The summed E-state index contributed by atoms with van der Waals surface area (Å²) < 4.78 is 39.0. The number of halogens is 2. The Morgan fingerprint density at radius 2 is 1.83 bits per heavy atom. The summed E-state index contributed by atoms with van der Waals surface area (Å²) in [5.74, 6) is -1.93. The van der Waals surface area contributed by atoms with Gasteiger partial charge in [-0.05, 0) is 53.8 Å². The van der Waals surface area contributed by atoms with Crippen LogP contribution >= 0.6 is 0 Å². The summed E-state index contributed by atoms with van der Waals surface area (Å²) in [6.07, 6.45) is 4.15. The number of aromatic nitrogens is 2. The molecule has 0 bridgehead atoms. The second kappa shape index (κ2) is 9.89. The van der Waals surface area contributed by atoms with E-state index in [1.807, 2.05) is 6.07 Å². The van der Waals surface area contributed by atoms with Gasteiger partial charge in [0.15, 0.2) is 0 Å². The maximum Gasteiger partial charge on any atom is 0.248 e. The van der Waals surface area contributed by atoms with Crippen molar-refractivity contribution in [3.63, 3.8) is 0 Å². The zero-order valence-electron chi connectivity index (χ0n) is 22.3. The van der Waals surface area contributed by atoms with E-state index in [1.54, 1.807) is 24.5 Å². The standard InChI is InChI=1S/C29H26F2N6O5/c30-19-4-16(5-20(31)7-19)22-11-34-29(13-41-15-42-14-29)27(40)37(22)12-24(38)35-23-6-17-8-28(9-18(17)10-33-23)21-2-1-3-32-25(21)36-26(28)39/h1-7,10,22,34H,8-9,11-15H2,(H,32,36,39)(H,33,35,38). The summed E-state index contributed by atoms with van der Waals surface area (Å²) in [6.45, 7) is -0.213. The number of nitrogens with one attached hydrogen (secondary N) is 3. The number of amides is 3. The first-order chi connectivity index (χ1) is 20.3. The molecule has 3 aromatic rings. The third-order valence-electron chi connectivity index (χ3n) is 8.45. The number of rotatable bonds is 4. The van der Waals surface area contributed by atoms with E-state index in [-0.39, 0.29) is 43.8 Å². The molecule has 1 aromatic carbocycles. The lowest BCUT2D eigenvalue weighted by Gasteiger charge is -2.47. The van der Waals surface area contributed by atoms with Crippen LogP contribution in [0.5, 0.6) is 0 Å². The van der Waals surface area contributed by atoms with E-state index in [1.165, 1.54) is 4.90 Å². The van der Waals surface area contributed by atoms with Gasteiger partial charge in [-0.1, -0.05) is 6.07 Å². The highest BCUT2D eigenvalue weighted by Crippen LogP contribution is 2.46. The topological polar surface area (TPSA) is 135 Å². The van der Waals surface area contributed by atoms with Gasteiger partial charge in [0.25, 0.3) is 0 Å². The summed E-state index contributed by atoms with van der Waals surface area (Å²) in [6, 6.07) is 7.62. The Labute approximate surface area is 238 Å². The molecule has 2 atom stereocenters. The number of hydrogen-bond acceptors (Lipinski definition) is 8. The van der Waals surface area contributed by atoms with E-state index in [0.717, 1.165) is 34.9 Å². The molecule has 11 nitrogen and oxygen atoms in total. The van der Waals surface area contributed by atoms with E-state index < -0.39 is 47.0 Å². The Bertz CT molecular complexity index is 1610. The zero-order valence-corrected chi connectivity index (χ0v) is 22.3. The number of piperazine rings is 1. The number of anilines is 2. The van der Waals surface area contributed by atoms with Crippen LogP contribution in [-0.2, 0) is 42.1 Å². The van der Waals surface area contributed by atoms with Crippen molar-refractivity contribution in [3.05, 3.63) is 82.7 Å². The van der Waals surface area contributed by atoms with Crippen molar-refractivity contribution >= 4 is 29.4 Å². The molecule has 7 rings (SSSR count). The van der Waals surface area contributed by atoms with Crippen LogP contribution in [0.1, 0.15) is 28.3 Å². The van der Waals surface area contributed by atoms with Gasteiger partial charge >= 0.3 is 0 Å². The molecule has 0 radical (unpaired) electrons. The van der Waals surface area contributed by atoms with Crippen molar-refractivity contribution < 1.29 is 32.6 Å². The first-order valence-electron chi connectivity index (χ1n) is 13.5. The second-order valence-electron chi connectivity index (χ2n) is 11.1. The molecule has 3 N–H and O–H groups in total. The minimum absolute atomic E-state index is 0.0224. The summed E-state index contributed by atoms with van der Waals surface area (Å²) in [5.41, 5.74) is 0.792. The van der Waals surface area contributed by atoms with Crippen molar-refractivity contribution in [2.75, 3.05) is 43.7 Å². The van der Waals surface area contributed by atoms with Crippen LogP contribution in [-0.4, -0.2) is 71.2 Å². The van der Waals surface area contributed by atoms with Crippen LogP contribution in [0.2, 0.25) is 0 Å². The number of carbonyl (C=O) groups excluding carboxylic acids is 3. The lowest BCUT2D eigenvalue weighted by atomic mass is 9.79. The molecule has 2 spiro atoms. The van der Waals surface area contributed by atoms with E-state index in [4.69, 9.17) is 9.47 Å². The zero-order chi connectivity index (χ0) is 29.1. The molecular weight excluding hydrogens is 550 g/mol. The molecule has 2 aromatic heterocycles. The van der Waals surface area contributed by atoms with E-state index in [9.17, 15) is 23.2 Å². The fourth-order valence-corrected chi connectivity index (χ4v) is 6.46. The minimum atomic E-state index is -1.23. The van der Waals surface area contributed by atoms with E-state index >= 15 is 0 Å². The molecule has 5 heterocycles. The predicted molar refractivity (Wildman–Crippen MR) is 143 cm³/mol. The molecule has 216 valence electrons. The van der Waals surface area contributed by atoms with Crippen molar-refractivity contribution in [3.8, 4) is 0 Å². The lowest BCUT2D eigenvalue weighted by molar-refractivity contribution is -0.180. The molecular formula is C29H26F2N6O5. The molecule has 13 heteroatoms. The smallest absolute Gasteiger partial charge is 0.248 e. The highest BCUT2D eigenvalue weighted by molar-refractivity contribution is 6.06. The lowest BCUT2D eigenvalue weighted by Crippen LogP contribution is -2.71.